The van der Waals surface area contributed by atoms with Crippen LogP contribution in [0.5, 0.6) is 0 Å². The second-order valence-corrected chi connectivity index (χ2v) is 9.90. The maximum absolute atomic E-state index is 11.3. The molecule has 9 heteroatoms. The molecule has 0 aliphatic carbocycles. The Morgan fingerprint density at radius 3 is 2.43 bits per heavy atom. The first-order valence-corrected chi connectivity index (χ1v) is 12.0. The van der Waals surface area contributed by atoms with Gasteiger partial charge in [0, 0.05) is 12.1 Å². The Labute approximate surface area is 179 Å². The minimum atomic E-state index is -3.66. The van der Waals surface area contributed by atoms with Crippen LogP contribution in [0.25, 0.3) is 16.2 Å². The SMILES string of the molecule is CC(C)c1ccc(-c2cnc3sc(NCCc4ccc(S(N)(=O)=O)cc4)nn23)cc1. The summed E-state index contributed by atoms with van der Waals surface area (Å²) in [7, 11) is -3.66. The number of nitrogens with one attached hydrogen (secondary N) is 1. The summed E-state index contributed by atoms with van der Waals surface area (Å²) in [4.78, 5) is 5.43. The summed E-state index contributed by atoms with van der Waals surface area (Å²) in [5, 5.41) is 13.9. The zero-order chi connectivity index (χ0) is 21.3. The van der Waals surface area contributed by atoms with Crippen LogP contribution >= 0.6 is 11.3 Å². The second-order valence-electron chi connectivity index (χ2n) is 7.39. The molecule has 0 radical (unpaired) electrons. The molecule has 0 saturated heterocycles. The number of anilines is 1. The molecule has 0 unspecified atom stereocenters. The zero-order valence-corrected chi connectivity index (χ0v) is 18.4. The monoisotopic (exact) mass is 441 g/mol. The minimum absolute atomic E-state index is 0.120. The van der Waals surface area contributed by atoms with Crippen molar-refractivity contribution in [2.24, 2.45) is 5.14 Å². The van der Waals surface area contributed by atoms with Crippen molar-refractivity contribution in [3.63, 3.8) is 0 Å². The summed E-state index contributed by atoms with van der Waals surface area (Å²) >= 11 is 1.50. The van der Waals surface area contributed by atoms with Gasteiger partial charge in [-0.05, 0) is 35.6 Å². The predicted octanol–water partition coefficient (Wildman–Crippen LogP) is 3.88. The lowest BCUT2D eigenvalue weighted by atomic mass is 10.0. The van der Waals surface area contributed by atoms with E-state index in [2.05, 4.69) is 53.5 Å². The third-order valence-electron chi connectivity index (χ3n) is 4.90. The van der Waals surface area contributed by atoms with E-state index in [-0.39, 0.29) is 4.90 Å². The average Bonchev–Trinajstić information content (AvgIpc) is 3.28. The van der Waals surface area contributed by atoms with Crippen LogP contribution in [0.15, 0.2) is 59.6 Å². The molecular formula is C21H23N5O2S2. The summed E-state index contributed by atoms with van der Waals surface area (Å²) in [5.74, 6) is 0.496. The van der Waals surface area contributed by atoms with Crippen molar-refractivity contribution in [1.29, 1.82) is 0 Å². The summed E-state index contributed by atoms with van der Waals surface area (Å²) in [6.07, 6.45) is 2.58. The third kappa shape index (κ3) is 4.38. The number of imidazole rings is 1. The van der Waals surface area contributed by atoms with Gasteiger partial charge in [-0.1, -0.05) is 61.6 Å². The predicted molar refractivity (Wildman–Crippen MR) is 120 cm³/mol. The number of primary sulfonamides is 1. The molecule has 3 N–H and O–H groups in total. The summed E-state index contributed by atoms with van der Waals surface area (Å²) in [6.45, 7) is 5.03. The number of benzene rings is 2. The zero-order valence-electron chi connectivity index (χ0n) is 16.7. The molecule has 0 fully saturated rings. The van der Waals surface area contributed by atoms with E-state index in [1.54, 1.807) is 12.1 Å². The molecule has 0 bridgehead atoms. The fraction of sp³-hybridized carbons (Fsp3) is 0.238. The lowest BCUT2D eigenvalue weighted by Gasteiger charge is -2.06. The highest BCUT2D eigenvalue weighted by Crippen LogP contribution is 2.27. The number of fused-ring (bicyclic) bond motifs is 1. The number of rotatable bonds is 7. The Kier molecular flexibility index (Phi) is 5.59. The fourth-order valence-electron chi connectivity index (χ4n) is 3.16. The molecule has 2 heterocycles. The number of hydrogen-bond acceptors (Lipinski definition) is 6. The Hall–Kier alpha value is -2.75. The number of aromatic nitrogens is 3. The topological polar surface area (TPSA) is 102 Å². The molecule has 0 spiro atoms. The van der Waals surface area contributed by atoms with E-state index < -0.39 is 10.0 Å². The molecule has 0 amide bonds. The van der Waals surface area contributed by atoms with Gasteiger partial charge < -0.3 is 5.32 Å². The Morgan fingerprint density at radius 2 is 1.80 bits per heavy atom. The quantitative estimate of drug-likeness (QED) is 0.453. The first kappa shape index (κ1) is 20.5. The molecule has 4 aromatic rings. The molecule has 30 heavy (non-hydrogen) atoms. The smallest absolute Gasteiger partial charge is 0.238 e. The van der Waals surface area contributed by atoms with E-state index in [4.69, 9.17) is 5.14 Å². The van der Waals surface area contributed by atoms with Crippen LogP contribution in [0, 0.1) is 0 Å². The number of sulfonamides is 1. The molecule has 0 saturated carbocycles. The van der Waals surface area contributed by atoms with Crippen LogP contribution in [0.1, 0.15) is 30.9 Å². The van der Waals surface area contributed by atoms with Crippen LogP contribution in [-0.2, 0) is 16.4 Å². The largest absolute Gasteiger partial charge is 0.360 e. The lowest BCUT2D eigenvalue weighted by molar-refractivity contribution is 0.598. The van der Waals surface area contributed by atoms with Gasteiger partial charge in [0.15, 0.2) is 0 Å². The lowest BCUT2D eigenvalue weighted by Crippen LogP contribution is -2.12. The van der Waals surface area contributed by atoms with Gasteiger partial charge in [-0.2, -0.15) is 0 Å². The van der Waals surface area contributed by atoms with Crippen molar-refractivity contribution < 1.29 is 8.42 Å². The van der Waals surface area contributed by atoms with E-state index in [9.17, 15) is 8.42 Å². The highest BCUT2D eigenvalue weighted by atomic mass is 32.2. The van der Waals surface area contributed by atoms with Crippen molar-refractivity contribution in [2.75, 3.05) is 11.9 Å². The van der Waals surface area contributed by atoms with Gasteiger partial charge >= 0.3 is 0 Å². The first-order valence-electron chi connectivity index (χ1n) is 9.62. The van der Waals surface area contributed by atoms with Gasteiger partial charge in [0.2, 0.25) is 20.1 Å². The third-order valence-corrected chi connectivity index (χ3v) is 6.71. The highest BCUT2D eigenvalue weighted by molar-refractivity contribution is 7.89. The van der Waals surface area contributed by atoms with Gasteiger partial charge in [0.1, 0.15) is 0 Å². The van der Waals surface area contributed by atoms with E-state index in [1.165, 1.54) is 29.0 Å². The van der Waals surface area contributed by atoms with Crippen molar-refractivity contribution in [3.05, 3.63) is 65.9 Å². The van der Waals surface area contributed by atoms with E-state index in [0.717, 1.165) is 33.3 Å². The van der Waals surface area contributed by atoms with Crippen molar-refractivity contribution >= 4 is 31.5 Å². The molecule has 0 aliphatic heterocycles. The highest BCUT2D eigenvalue weighted by Gasteiger charge is 2.12. The van der Waals surface area contributed by atoms with Gasteiger partial charge in [-0.15, -0.1) is 5.10 Å². The molecule has 2 aromatic heterocycles. The molecule has 7 nitrogen and oxygen atoms in total. The van der Waals surface area contributed by atoms with Gasteiger partial charge in [-0.3, -0.25) is 0 Å². The van der Waals surface area contributed by atoms with Crippen LogP contribution in [0.4, 0.5) is 5.13 Å². The van der Waals surface area contributed by atoms with E-state index in [1.807, 2.05) is 10.7 Å². The second kappa shape index (κ2) is 8.17. The maximum atomic E-state index is 11.3. The number of nitrogens with two attached hydrogens (primary N) is 1. The first-order chi connectivity index (χ1) is 14.3. The summed E-state index contributed by atoms with van der Waals surface area (Å²) in [6, 6.07) is 15.1. The van der Waals surface area contributed by atoms with Crippen molar-refractivity contribution in [1.82, 2.24) is 14.6 Å². The standard InChI is InChI=1S/C21H23N5O2S2/c1-14(2)16-5-7-17(8-6-16)19-13-24-21-26(19)25-20(29-21)23-12-11-15-3-9-18(10-4-15)30(22,27)28/h3-10,13-14H,11-12H2,1-2H3,(H,23,25)(H2,22,27,28). The van der Waals surface area contributed by atoms with E-state index in [0.29, 0.717) is 12.5 Å². The Balaban J connectivity index is 1.43. The molecule has 4 rings (SSSR count). The molecular weight excluding hydrogens is 418 g/mol. The molecule has 0 atom stereocenters. The number of nitrogens with zero attached hydrogens (tertiary/aromatic N) is 3. The normalized spacial score (nSPS) is 12.0. The van der Waals surface area contributed by atoms with Crippen molar-refractivity contribution in [2.45, 2.75) is 31.1 Å². The average molecular weight is 442 g/mol. The van der Waals surface area contributed by atoms with Crippen LogP contribution in [0.3, 0.4) is 0 Å². The Morgan fingerprint density at radius 1 is 1.10 bits per heavy atom. The van der Waals surface area contributed by atoms with Crippen LogP contribution in [-0.4, -0.2) is 29.6 Å². The fourth-order valence-corrected chi connectivity index (χ4v) is 4.48. The van der Waals surface area contributed by atoms with Gasteiger partial charge in [0.25, 0.3) is 0 Å². The van der Waals surface area contributed by atoms with Gasteiger partial charge in [-0.25, -0.2) is 23.1 Å². The van der Waals surface area contributed by atoms with Crippen molar-refractivity contribution in [3.8, 4) is 11.3 Å². The van der Waals surface area contributed by atoms with Crippen LogP contribution < -0.4 is 10.5 Å². The van der Waals surface area contributed by atoms with Crippen LogP contribution in [0.2, 0.25) is 0 Å². The molecule has 2 aromatic carbocycles. The van der Waals surface area contributed by atoms with E-state index >= 15 is 0 Å². The molecule has 0 aliphatic rings. The maximum Gasteiger partial charge on any atom is 0.238 e. The Bertz CT molecular complexity index is 1260. The molecule has 156 valence electrons. The summed E-state index contributed by atoms with van der Waals surface area (Å²) in [5.41, 5.74) is 4.36. The van der Waals surface area contributed by atoms with Gasteiger partial charge in [0.05, 0.1) is 16.8 Å². The summed E-state index contributed by atoms with van der Waals surface area (Å²) < 4.78 is 24.5. The minimum Gasteiger partial charge on any atom is -0.360 e. The number of hydrogen-bond donors (Lipinski definition) is 2.